The van der Waals surface area contributed by atoms with E-state index in [-0.39, 0.29) is 5.91 Å². The van der Waals surface area contributed by atoms with Gasteiger partial charge in [0.2, 0.25) is 0 Å². The zero-order valence-electron chi connectivity index (χ0n) is 10.8. The molecule has 0 aliphatic carbocycles. The number of aromatic amines is 1. The number of hydrogen-bond donors (Lipinski definition) is 2. The maximum Gasteiger partial charge on any atom is 0.276 e. The van der Waals surface area contributed by atoms with Crippen LogP contribution in [0.5, 0.6) is 0 Å². The predicted octanol–water partition coefficient (Wildman–Crippen LogP) is 3.78. The summed E-state index contributed by atoms with van der Waals surface area (Å²) < 4.78 is 0. The van der Waals surface area contributed by atoms with E-state index in [9.17, 15) is 4.79 Å². The van der Waals surface area contributed by atoms with Crippen molar-refractivity contribution in [3.05, 3.63) is 58.7 Å². The molecule has 1 heterocycles. The molecule has 0 bridgehead atoms. The van der Waals surface area contributed by atoms with Gasteiger partial charge in [-0.1, -0.05) is 29.8 Å². The molecule has 0 atom stereocenters. The molecule has 0 spiro atoms. The van der Waals surface area contributed by atoms with Crippen molar-refractivity contribution in [3.63, 3.8) is 0 Å². The SMILES string of the molecule is Cc1cc(Cl)ccc1NC(=O)c1n[nH]c2ccccc12. The summed E-state index contributed by atoms with van der Waals surface area (Å²) in [5, 5.41) is 11.2. The Hall–Kier alpha value is -2.33. The molecule has 2 N–H and O–H groups in total. The van der Waals surface area contributed by atoms with Gasteiger partial charge in [-0.3, -0.25) is 9.89 Å². The van der Waals surface area contributed by atoms with E-state index in [1.54, 1.807) is 18.2 Å². The Bertz CT molecular complexity index is 795. The van der Waals surface area contributed by atoms with Crippen LogP contribution in [0, 0.1) is 6.92 Å². The molecule has 0 unspecified atom stereocenters. The molecule has 1 aromatic heterocycles. The van der Waals surface area contributed by atoms with Gasteiger partial charge in [0.25, 0.3) is 5.91 Å². The Morgan fingerprint density at radius 2 is 2.05 bits per heavy atom. The number of anilines is 1. The summed E-state index contributed by atoms with van der Waals surface area (Å²) in [4.78, 5) is 12.3. The van der Waals surface area contributed by atoms with Crippen LogP contribution in [0.1, 0.15) is 16.1 Å². The number of carbonyl (C=O) groups excluding carboxylic acids is 1. The number of rotatable bonds is 2. The molecule has 0 aliphatic rings. The number of benzene rings is 2. The molecule has 2 aromatic carbocycles. The fraction of sp³-hybridized carbons (Fsp3) is 0.0667. The fourth-order valence-corrected chi connectivity index (χ4v) is 2.31. The van der Waals surface area contributed by atoms with E-state index in [4.69, 9.17) is 11.6 Å². The van der Waals surface area contributed by atoms with Crippen molar-refractivity contribution in [1.29, 1.82) is 0 Å². The van der Waals surface area contributed by atoms with Crippen molar-refractivity contribution < 1.29 is 4.79 Å². The molecular formula is C15H12ClN3O. The number of carbonyl (C=O) groups is 1. The number of fused-ring (bicyclic) bond motifs is 1. The Kier molecular flexibility index (Phi) is 3.16. The maximum absolute atomic E-state index is 12.3. The van der Waals surface area contributed by atoms with E-state index in [0.717, 1.165) is 22.2 Å². The number of aryl methyl sites for hydroxylation is 1. The molecule has 5 heteroatoms. The highest BCUT2D eigenvalue weighted by Crippen LogP contribution is 2.21. The van der Waals surface area contributed by atoms with Crippen molar-refractivity contribution in [3.8, 4) is 0 Å². The number of H-pyrrole nitrogens is 1. The molecule has 3 rings (SSSR count). The van der Waals surface area contributed by atoms with Gasteiger partial charge in [-0.15, -0.1) is 0 Å². The molecule has 1 amide bonds. The molecular weight excluding hydrogens is 274 g/mol. The Labute approximate surface area is 120 Å². The van der Waals surface area contributed by atoms with Crippen molar-refractivity contribution >= 4 is 34.1 Å². The third-order valence-corrected chi connectivity index (χ3v) is 3.36. The third-order valence-electron chi connectivity index (χ3n) is 3.12. The lowest BCUT2D eigenvalue weighted by atomic mass is 10.1. The first-order chi connectivity index (χ1) is 9.65. The topological polar surface area (TPSA) is 57.8 Å². The number of amides is 1. The summed E-state index contributed by atoms with van der Waals surface area (Å²) >= 11 is 5.90. The molecule has 4 nitrogen and oxygen atoms in total. The van der Waals surface area contributed by atoms with Crippen molar-refractivity contribution in [2.75, 3.05) is 5.32 Å². The first-order valence-corrected chi connectivity index (χ1v) is 6.53. The number of nitrogens with zero attached hydrogens (tertiary/aromatic N) is 1. The van der Waals surface area contributed by atoms with Crippen molar-refractivity contribution in [1.82, 2.24) is 10.2 Å². The van der Waals surface area contributed by atoms with Crippen LogP contribution in [-0.2, 0) is 0 Å². The minimum atomic E-state index is -0.243. The molecule has 0 aliphatic heterocycles. The van der Waals surface area contributed by atoms with E-state index in [2.05, 4.69) is 15.5 Å². The molecule has 0 fully saturated rings. The van der Waals surface area contributed by atoms with Crippen molar-refractivity contribution in [2.24, 2.45) is 0 Å². The van der Waals surface area contributed by atoms with Gasteiger partial charge < -0.3 is 5.32 Å². The summed E-state index contributed by atoms with van der Waals surface area (Å²) in [6.07, 6.45) is 0. The first kappa shape index (κ1) is 12.7. The zero-order valence-corrected chi connectivity index (χ0v) is 11.5. The van der Waals surface area contributed by atoms with E-state index in [1.807, 2.05) is 31.2 Å². The number of hydrogen-bond acceptors (Lipinski definition) is 2. The van der Waals surface area contributed by atoms with E-state index in [0.29, 0.717) is 10.7 Å². The van der Waals surface area contributed by atoms with Gasteiger partial charge in [0.1, 0.15) is 0 Å². The van der Waals surface area contributed by atoms with Gasteiger partial charge in [-0.2, -0.15) is 5.10 Å². The van der Waals surface area contributed by atoms with Gasteiger partial charge in [0.05, 0.1) is 5.52 Å². The quantitative estimate of drug-likeness (QED) is 0.753. The van der Waals surface area contributed by atoms with Crippen LogP contribution in [0.15, 0.2) is 42.5 Å². The van der Waals surface area contributed by atoms with E-state index >= 15 is 0 Å². The number of para-hydroxylation sites is 1. The standard InChI is InChI=1S/C15H12ClN3O/c1-9-8-10(16)6-7-12(9)17-15(20)14-11-4-2-3-5-13(11)18-19-14/h2-8H,1H3,(H,17,20)(H,18,19). The molecule has 0 saturated carbocycles. The Morgan fingerprint density at radius 3 is 2.85 bits per heavy atom. The van der Waals surface area contributed by atoms with E-state index < -0.39 is 0 Å². The van der Waals surface area contributed by atoms with Crippen LogP contribution < -0.4 is 5.32 Å². The highest BCUT2D eigenvalue weighted by molar-refractivity contribution is 6.30. The average Bonchev–Trinajstić information content (AvgIpc) is 2.86. The second-order valence-corrected chi connectivity index (χ2v) is 4.97. The van der Waals surface area contributed by atoms with E-state index in [1.165, 1.54) is 0 Å². The number of halogens is 1. The van der Waals surface area contributed by atoms with Crippen LogP contribution in [-0.4, -0.2) is 16.1 Å². The molecule has 0 radical (unpaired) electrons. The minimum absolute atomic E-state index is 0.243. The average molecular weight is 286 g/mol. The van der Waals surface area contributed by atoms with Crippen LogP contribution in [0.25, 0.3) is 10.9 Å². The van der Waals surface area contributed by atoms with Crippen LogP contribution in [0.3, 0.4) is 0 Å². The molecule has 20 heavy (non-hydrogen) atoms. The minimum Gasteiger partial charge on any atom is -0.320 e. The van der Waals surface area contributed by atoms with Crippen molar-refractivity contribution in [2.45, 2.75) is 6.92 Å². The molecule has 3 aromatic rings. The smallest absolute Gasteiger partial charge is 0.276 e. The summed E-state index contributed by atoms with van der Waals surface area (Å²) in [5.41, 5.74) is 2.86. The van der Waals surface area contributed by atoms with Gasteiger partial charge in [-0.05, 0) is 36.8 Å². The largest absolute Gasteiger partial charge is 0.320 e. The first-order valence-electron chi connectivity index (χ1n) is 6.16. The lowest BCUT2D eigenvalue weighted by Gasteiger charge is -2.07. The molecule has 100 valence electrons. The fourth-order valence-electron chi connectivity index (χ4n) is 2.09. The lowest BCUT2D eigenvalue weighted by Crippen LogP contribution is -2.13. The summed E-state index contributed by atoms with van der Waals surface area (Å²) in [7, 11) is 0. The third kappa shape index (κ3) is 2.26. The monoisotopic (exact) mass is 285 g/mol. The number of nitrogens with one attached hydrogen (secondary N) is 2. The maximum atomic E-state index is 12.3. The molecule has 0 saturated heterocycles. The summed E-state index contributed by atoms with van der Waals surface area (Å²) in [6.45, 7) is 1.89. The highest BCUT2D eigenvalue weighted by Gasteiger charge is 2.14. The van der Waals surface area contributed by atoms with Crippen LogP contribution >= 0.6 is 11.6 Å². The van der Waals surface area contributed by atoms with Gasteiger partial charge in [0.15, 0.2) is 5.69 Å². The predicted molar refractivity (Wildman–Crippen MR) is 80.2 cm³/mol. The summed E-state index contributed by atoms with van der Waals surface area (Å²) in [5.74, 6) is -0.243. The second-order valence-electron chi connectivity index (χ2n) is 4.53. The lowest BCUT2D eigenvalue weighted by molar-refractivity contribution is 0.102. The van der Waals surface area contributed by atoms with Gasteiger partial charge in [-0.25, -0.2) is 0 Å². The van der Waals surface area contributed by atoms with Crippen LogP contribution in [0.4, 0.5) is 5.69 Å². The number of aromatic nitrogens is 2. The second kappa shape index (κ2) is 4.98. The Balaban J connectivity index is 1.93. The highest BCUT2D eigenvalue weighted by atomic mass is 35.5. The zero-order chi connectivity index (χ0) is 14.1. The normalized spacial score (nSPS) is 10.7. The van der Waals surface area contributed by atoms with Crippen LogP contribution in [0.2, 0.25) is 5.02 Å². The van der Waals surface area contributed by atoms with Gasteiger partial charge in [0, 0.05) is 16.1 Å². The van der Waals surface area contributed by atoms with Gasteiger partial charge >= 0.3 is 0 Å². The summed E-state index contributed by atoms with van der Waals surface area (Å²) in [6, 6.07) is 12.8. The Morgan fingerprint density at radius 1 is 1.25 bits per heavy atom.